The average Bonchev–Trinajstić information content (AvgIpc) is 2.84. The maximum atomic E-state index is 12.0. The van der Waals surface area contributed by atoms with Crippen LogP contribution in [0.4, 0.5) is 5.69 Å². The van der Waals surface area contributed by atoms with E-state index in [4.69, 9.17) is 0 Å². The summed E-state index contributed by atoms with van der Waals surface area (Å²) in [6, 6.07) is 9.51. The van der Waals surface area contributed by atoms with Gasteiger partial charge >= 0.3 is 0 Å². The van der Waals surface area contributed by atoms with Crippen LogP contribution >= 0.6 is 11.3 Å². The van der Waals surface area contributed by atoms with Gasteiger partial charge in [-0.05, 0) is 19.1 Å². The minimum absolute atomic E-state index is 0.122. The third-order valence-electron chi connectivity index (χ3n) is 2.87. The number of aromatic nitrogens is 3. The van der Waals surface area contributed by atoms with Crippen molar-refractivity contribution in [2.24, 2.45) is 0 Å². The number of nitrogens with one attached hydrogen (secondary N) is 1. The van der Waals surface area contributed by atoms with Crippen molar-refractivity contribution < 1.29 is 0 Å². The Labute approximate surface area is 119 Å². The highest BCUT2D eigenvalue weighted by atomic mass is 32.1. The van der Waals surface area contributed by atoms with Gasteiger partial charge in [-0.25, -0.2) is 9.67 Å². The molecule has 0 unspecified atom stereocenters. The van der Waals surface area contributed by atoms with Crippen LogP contribution in [0.1, 0.15) is 11.9 Å². The number of para-hydroxylation sites is 1. The molecule has 20 heavy (non-hydrogen) atoms. The summed E-state index contributed by atoms with van der Waals surface area (Å²) in [5.41, 5.74) is 1.59. The Bertz CT molecular complexity index is 760. The first-order valence-electron chi connectivity index (χ1n) is 6.42. The molecule has 0 spiro atoms. The summed E-state index contributed by atoms with van der Waals surface area (Å²) >= 11 is 1.59. The van der Waals surface area contributed by atoms with E-state index in [0.29, 0.717) is 6.54 Å². The van der Waals surface area contributed by atoms with Crippen molar-refractivity contribution >= 4 is 27.2 Å². The van der Waals surface area contributed by atoms with Gasteiger partial charge in [0.25, 0.3) is 5.56 Å². The van der Waals surface area contributed by atoms with Gasteiger partial charge in [0.1, 0.15) is 5.01 Å². The molecule has 2 heterocycles. The molecular weight excluding hydrogens is 272 g/mol. The quantitative estimate of drug-likeness (QED) is 0.799. The zero-order chi connectivity index (χ0) is 13.9. The van der Waals surface area contributed by atoms with Crippen LogP contribution in [0.25, 0.3) is 10.2 Å². The zero-order valence-electron chi connectivity index (χ0n) is 11.0. The van der Waals surface area contributed by atoms with Crippen molar-refractivity contribution in [2.75, 3.05) is 11.9 Å². The van der Waals surface area contributed by atoms with E-state index >= 15 is 0 Å². The fourth-order valence-electron chi connectivity index (χ4n) is 1.97. The molecule has 0 saturated carbocycles. The first kappa shape index (κ1) is 12.8. The van der Waals surface area contributed by atoms with Crippen molar-refractivity contribution in [3.8, 4) is 0 Å². The van der Waals surface area contributed by atoms with E-state index in [1.807, 2.05) is 31.2 Å². The lowest BCUT2D eigenvalue weighted by Crippen LogP contribution is -2.23. The number of fused-ring (bicyclic) bond motifs is 1. The van der Waals surface area contributed by atoms with Crippen molar-refractivity contribution in [3.05, 3.63) is 51.9 Å². The molecule has 0 atom stereocenters. The number of rotatable bonds is 4. The number of hydrogen-bond donors (Lipinski definition) is 1. The largest absolute Gasteiger partial charge is 0.384 e. The van der Waals surface area contributed by atoms with Gasteiger partial charge in [0.2, 0.25) is 0 Å². The van der Waals surface area contributed by atoms with E-state index in [1.165, 1.54) is 4.68 Å². The predicted octanol–water partition coefficient (Wildman–Crippen LogP) is 2.33. The van der Waals surface area contributed by atoms with Crippen LogP contribution in [0.2, 0.25) is 0 Å². The van der Waals surface area contributed by atoms with Gasteiger partial charge in [0.05, 0.1) is 28.6 Å². The second-order valence-corrected chi connectivity index (χ2v) is 5.46. The second kappa shape index (κ2) is 5.42. The molecule has 2 aromatic heterocycles. The van der Waals surface area contributed by atoms with Crippen molar-refractivity contribution in [3.63, 3.8) is 0 Å². The predicted molar refractivity (Wildman–Crippen MR) is 81.4 cm³/mol. The van der Waals surface area contributed by atoms with Crippen LogP contribution in [0, 0.1) is 0 Å². The van der Waals surface area contributed by atoms with E-state index in [9.17, 15) is 4.79 Å². The normalized spacial score (nSPS) is 10.8. The van der Waals surface area contributed by atoms with Crippen molar-refractivity contribution in [1.29, 1.82) is 0 Å². The zero-order valence-corrected chi connectivity index (χ0v) is 11.9. The lowest BCUT2D eigenvalue weighted by Gasteiger charge is -2.04. The average molecular weight is 286 g/mol. The molecule has 3 rings (SSSR count). The molecular formula is C14H14N4OS. The number of anilines is 1. The van der Waals surface area contributed by atoms with Gasteiger partial charge in [-0.15, -0.1) is 11.3 Å². The lowest BCUT2D eigenvalue weighted by molar-refractivity contribution is 0.638. The summed E-state index contributed by atoms with van der Waals surface area (Å²) < 4.78 is 2.55. The molecule has 0 bridgehead atoms. The van der Waals surface area contributed by atoms with Crippen LogP contribution in [0.3, 0.4) is 0 Å². The van der Waals surface area contributed by atoms with Gasteiger partial charge in [-0.2, -0.15) is 5.10 Å². The Morgan fingerprint density at radius 3 is 2.95 bits per heavy atom. The Morgan fingerprint density at radius 1 is 1.35 bits per heavy atom. The van der Waals surface area contributed by atoms with Crippen LogP contribution in [-0.2, 0) is 6.54 Å². The van der Waals surface area contributed by atoms with E-state index in [2.05, 4.69) is 15.4 Å². The molecule has 0 amide bonds. The smallest absolute Gasteiger partial charge is 0.269 e. The molecule has 0 aliphatic carbocycles. The SMILES string of the molecule is CCNc1cnn(Cc2nc3ccccc3s2)c(=O)c1. The summed E-state index contributed by atoms with van der Waals surface area (Å²) in [5, 5.41) is 8.13. The number of benzene rings is 1. The second-order valence-electron chi connectivity index (χ2n) is 4.35. The molecule has 5 nitrogen and oxygen atoms in total. The summed E-state index contributed by atoms with van der Waals surface area (Å²) in [4.78, 5) is 16.5. The van der Waals surface area contributed by atoms with Gasteiger partial charge in [-0.1, -0.05) is 12.1 Å². The molecule has 6 heteroatoms. The molecule has 0 aliphatic rings. The monoisotopic (exact) mass is 286 g/mol. The summed E-state index contributed by atoms with van der Waals surface area (Å²) in [6.07, 6.45) is 1.66. The van der Waals surface area contributed by atoms with Gasteiger partial charge in [0.15, 0.2) is 0 Å². The standard InChI is InChI=1S/C14H14N4OS/c1-2-15-10-7-14(19)18(16-8-10)9-13-17-11-5-3-4-6-12(11)20-13/h3-8,15H,2,9H2,1H3. The molecule has 0 radical (unpaired) electrons. The van der Waals surface area contributed by atoms with Crippen molar-refractivity contribution in [2.45, 2.75) is 13.5 Å². The first-order chi connectivity index (χ1) is 9.76. The molecule has 1 aromatic carbocycles. The highest BCUT2D eigenvalue weighted by molar-refractivity contribution is 7.18. The molecule has 102 valence electrons. The fourth-order valence-corrected chi connectivity index (χ4v) is 2.92. The fraction of sp³-hybridized carbons (Fsp3) is 0.214. The van der Waals surface area contributed by atoms with Crippen LogP contribution in [0.15, 0.2) is 41.3 Å². The van der Waals surface area contributed by atoms with Crippen LogP contribution in [-0.4, -0.2) is 21.3 Å². The Balaban J connectivity index is 1.88. The number of thiazole rings is 1. The summed E-state index contributed by atoms with van der Waals surface area (Å²) in [6.45, 7) is 3.15. The highest BCUT2D eigenvalue weighted by Gasteiger charge is 2.06. The number of nitrogens with zero attached hydrogens (tertiary/aromatic N) is 3. The van der Waals surface area contributed by atoms with E-state index < -0.39 is 0 Å². The Hall–Kier alpha value is -2.21. The minimum Gasteiger partial charge on any atom is -0.384 e. The lowest BCUT2D eigenvalue weighted by atomic mass is 10.3. The third kappa shape index (κ3) is 2.55. The Morgan fingerprint density at radius 2 is 2.20 bits per heavy atom. The molecule has 1 N–H and O–H groups in total. The third-order valence-corrected chi connectivity index (χ3v) is 3.89. The number of hydrogen-bond acceptors (Lipinski definition) is 5. The maximum absolute atomic E-state index is 12.0. The van der Waals surface area contributed by atoms with Gasteiger partial charge in [0, 0.05) is 12.6 Å². The molecule has 0 saturated heterocycles. The van der Waals surface area contributed by atoms with Crippen molar-refractivity contribution in [1.82, 2.24) is 14.8 Å². The molecule has 0 fully saturated rings. The van der Waals surface area contributed by atoms with Crippen LogP contribution in [0.5, 0.6) is 0 Å². The summed E-state index contributed by atoms with van der Waals surface area (Å²) in [5.74, 6) is 0. The summed E-state index contributed by atoms with van der Waals surface area (Å²) in [7, 11) is 0. The molecule has 0 aliphatic heterocycles. The highest BCUT2D eigenvalue weighted by Crippen LogP contribution is 2.21. The van der Waals surface area contributed by atoms with E-state index in [-0.39, 0.29) is 5.56 Å². The minimum atomic E-state index is -0.122. The van der Waals surface area contributed by atoms with Gasteiger partial charge in [-0.3, -0.25) is 4.79 Å². The Kier molecular flexibility index (Phi) is 3.47. The molecule has 3 aromatic rings. The van der Waals surface area contributed by atoms with E-state index in [0.717, 1.165) is 27.5 Å². The van der Waals surface area contributed by atoms with Gasteiger partial charge < -0.3 is 5.32 Å². The van der Waals surface area contributed by atoms with Crippen LogP contribution < -0.4 is 10.9 Å². The maximum Gasteiger partial charge on any atom is 0.269 e. The first-order valence-corrected chi connectivity index (χ1v) is 7.23. The topological polar surface area (TPSA) is 59.8 Å². The van der Waals surface area contributed by atoms with E-state index in [1.54, 1.807) is 23.6 Å².